The molecule has 0 atom stereocenters. The molecule has 0 unspecified atom stereocenters. The third-order valence-electron chi connectivity index (χ3n) is 1.98. The molecule has 4 nitrogen and oxygen atoms in total. The van der Waals surface area contributed by atoms with Crippen LogP contribution in [0.25, 0.3) is 0 Å². The SMILES string of the molecule is NCc1ncc(C(F)F)c(Br)c1CC(=O)O. The zero-order valence-electron chi connectivity index (χ0n) is 8.08. The molecule has 88 valence electrons. The Bertz CT molecular complexity index is 413. The molecule has 0 aliphatic heterocycles. The number of rotatable bonds is 4. The summed E-state index contributed by atoms with van der Waals surface area (Å²) >= 11 is 2.96. The van der Waals surface area contributed by atoms with Crippen LogP contribution >= 0.6 is 15.9 Å². The van der Waals surface area contributed by atoms with E-state index in [9.17, 15) is 13.6 Å². The molecule has 1 aromatic heterocycles. The van der Waals surface area contributed by atoms with Crippen LogP contribution in [-0.2, 0) is 17.8 Å². The molecule has 0 saturated carbocycles. The topological polar surface area (TPSA) is 76.2 Å². The van der Waals surface area contributed by atoms with Crippen LogP contribution in [0.2, 0.25) is 0 Å². The van der Waals surface area contributed by atoms with Crippen LogP contribution in [-0.4, -0.2) is 16.1 Å². The van der Waals surface area contributed by atoms with Crippen LogP contribution < -0.4 is 5.73 Å². The number of nitrogens with zero attached hydrogens (tertiary/aromatic N) is 1. The van der Waals surface area contributed by atoms with Gasteiger partial charge in [-0.15, -0.1) is 0 Å². The van der Waals surface area contributed by atoms with Gasteiger partial charge >= 0.3 is 5.97 Å². The van der Waals surface area contributed by atoms with Crippen molar-refractivity contribution in [3.05, 3.63) is 27.5 Å². The largest absolute Gasteiger partial charge is 0.481 e. The van der Waals surface area contributed by atoms with E-state index in [1.54, 1.807) is 0 Å². The molecule has 3 N–H and O–H groups in total. The minimum Gasteiger partial charge on any atom is -0.481 e. The molecular weight excluding hydrogens is 286 g/mol. The second-order valence-electron chi connectivity index (χ2n) is 3.03. The number of hydrogen-bond donors (Lipinski definition) is 2. The molecule has 0 amide bonds. The molecule has 1 heterocycles. The van der Waals surface area contributed by atoms with Gasteiger partial charge < -0.3 is 10.8 Å². The van der Waals surface area contributed by atoms with Crippen LogP contribution in [0.1, 0.15) is 23.2 Å². The van der Waals surface area contributed by atoms with Crippen LogP contribution in [0.15, 0.2) is 10.7 Å². The zero-order valence-corrected chi connectivity index (χ0v) is 9.67. The monoisotopic (exact) mass is 294 g/mol. The van der Waals surface area contributed by atoms with E-state index < -0.39 is 12.4 Å². The second-order valence-corrected chi connectivity index (χ2v) is 3.82. The number of halogens is 3. The number of pyridine rings is 1. The maximum absolute atomic E-state index is 12.5. The lowest BCUT2D eigenvalue weighted by molar-refractivity contribution is -0.136. The van der Waals surface area contributed by atoms with Crippen LogP contribution in [0.3, 0.4) is 0 Å². The van der Waals surface area contributed by atoms with E-state index >= 15 is 0 Å². The van der Waals surface area contributed by atoms with Crippen molar-refractivity contribution in [2.24, 2.45) is 5.73 Å². The normalized spacial score (nSPS) is 10.8. The fourth-order valence-corrected chi connectivity index (χ4v) is 1.89. The van der Waals surface area contributed by atoms with Gasteiger partial charge in [0.1, 0.15) is 0 Å². The van der Waals surface area contributed by atoms with E-state index in [4.69, 9.17) is 10.8 Å². The number of nitrogens with two attached hydrogens (primary N) is 1. The Balaban J connectivity index is 3.28. The van der Waals surface area contributed by atoms with E-state index in [1.165, 1.54) is 0 Å². The first-order chi connectivity index (χ1) is 7.47. The minimum atomic E-state index is -2.71. The highest BCUT2D eigenvalue weighted by molar-refractivity contribution is 9.10. The molecule has 1 rings (SSSR count). The second kappa shape index (κ2) is 5.31. The maximum atomic E-state index is 12.5. The fourth-order valence-electron chi connectivity index (χ4n) is 1.24. The summed E-state index contributed by atoms with van der Waals surface area (Å²) in [6.07, 6.45) is -2.09. The van der Waals surface area contributed by atoms with Gasteiger partial charge in [-0.2, -0.15) is 0 Å². The van der Waals surface area contributed by atoms with E-state index in [2.05, 4.69) is 20.9 Å². The highest BCUT2D eigenvalue weighted by Crippen LogP contribution is 2.31. The van der Waals surface area contributed by atoms with Gasteiger partial charge in [0.2, 0.25) is 0 Å². The number of carbonyl (C=O) groups is 1. The minimum absolute atomic E-state index is 0.00469. The smallest absolute Gasteiger partial charge is 0.307 e. The van der Waals surface area contributed by atoms with Crippen molar-refractivity contribution in [3.63, 3.8) is 0 Å². The summed E-state index contributed by atoms with van der Waals surface area (Å²) in [6, 6.07) is 0. The number of carboxylic acid groups (broad SMARTS) is 1. The lowest BCUT2D eigenvalue weighted by atomic mass is 10.1. The van der Waals surface area contributed by atoms with Crippen molar-refractivity contribution in [3.8, 4) is 0 Å². The number of carboxylic acids is 1. The predicted molar refractivity (Wildman–Crippen MR) is 56.1 cm³/mol. The first-order valence-electron chi connectivity index (χ1n) is 4.33. The Morgan fingerprint density at radius 2 is 2.25 bits per heavy atom. The molecule has 16 heavy (non-hydrogen) atoms. The molecule has 0 fully saturated rings. The average Bonchev–Trinajstić information content (AvgIpc) is 2.19. The van der Waals surface area contributed by atoms with Crippen LogP contribution in [0, 0.1) is 0 Å². The van der Waals surface area contributed by atoms with E-state index in [0.29, 0.717) is 5.69 Å². The van der Waals surface area contributed by atoms with Gasteiger partial charge in [0.25, 0.3) is 6.43 Å². The summed E-state index contributed by atoms with van der Waals surface area (Å²) < 4.78 is 25.1. The average molecular weight is 295 g/mol. The number of alkyl halides is 2. The van der Waals surface area contributed by atoms with Gasteiger partial charge in [0, 0.05) is 22.8 Å². The summed E-state index contributed by atoms with van der Waals surface area (Å²) in [6.45, 7) is 0.00469. The highest BCUT2D eigenvalue weighted by Gasteiger charge is 2.19. The quantitative estimate of drug-likeness (QED) is 0.889. The number of aliphatic carboxylic acids is 1. The molecular formula is C9H9BrF2N2O2. The molecule has 0 bridgehead atoms. The van der Waals surface area contributed by atoms with Gasteiger partial charge in [0.05, 0.1) is 17.7 Å². The first kappa shape index (κ1) is 13.0. The van der Waals surface area contributed by atoms with Gasteiger partial charge in [-0.3, -0.25) is 9.78 Å². The summed E-state index contributed by atoms with van der Waals surface area (Å²) in [7, 11) is 0. The van der Waals surface area contributed by atoms with Crippen molar-refractivity contribution in [1.82, 2.24) is 4.98 Å². The Labute approximate surface area is 98.6 Å². The standard InChI is InChI=1S/C9H9BrF2N2O2/c10-8-4(1-7(15)16)6(2-13)14-3-5(8)9(11)12/h3,9H,1-2,13H2,(H,15,16). The van der Waals surface area contributed by atoms with E-state index in [1.807, 2.05) is 0 Å². The molecule has 0 aliphatic rings. The summed E-state index contributed by atoms with van der Waals surface area (Å²) in [5, 5.41) is 8.66. The van der Waals surface area contributed by atoms with Crippen LogP contribution in [0.4, 0.5) is 8.78 Å². The summed E-state index contributed by atoms with van der Waals surface area (Å²) in [4.78, 5) is 14.3. The molecule has 0 aliphatic carbocycles. The Kier molecular flexibility index (Phi) is 4.31. The molecule has 7 heteroatoms. The molecule has 0 aromatic carbocycles. The van der Waals surface area contributed by atoms with Crippen molar-refractivity contribution < 1.29 is 18.7 Å². The van der Waals surface area contributed by atoms with Crippen molar-refractivity contribution in [2.45, 2.75) is 19.4 Å². The van der Waals surface area contributed by atoms with Crippen molar-refractivity contribution >= 4 is 21.9 Å². The zero-order chi connectivity index (χ0) is 12.3. The summed E-state index contributed by atoms with van der Waals surface area (Å²) in [5.74, 6) is -1.12. The number of aromatic nitrogens is 1. The van der Waals surface area contributed by atoms with E-state index in [0.717, 1.165) is 6.20 Å². The molecule has 0 radical (unpaired) electrons. The van der Waals surface area contributed by atoms with Crippen LogP contribution in [0.5, 0.6) is 0 Å². The maximum Gasteiger partial charge on any atom is 0.307 e. The Hall–Kier alpha value is -1.08. The Morgan fingerprint density at radius 3 is 2.69 bits per heavy atom. The van der Waals surface area contributed by atoms with Gasteiger partial charge in [0.15, 0.2) is 0 Å². The van der Waals surface area contributed by atoms with Gasteiger partial charge in [-0.1, -0.05) is 0 Å². The third-order valence-corrected chi connectivity index (χ3v) is 2.92. The Morgan fingerprint density at radius 1 is 1.62 bits per heavy atom. The third kappa shape index (κ3) is 2.73. The molecule has 0 spiro atoms. The van der Waals surface area contributed by atoms with Gasteiger partial charge in [-0.25, -0.2) is 8.78 Å². The number of hydrogen-bond acceptors (Lipinski definition) is 3. The first-order valence-corrected chi connectivity index (χ1v) is 5.12. The lowest BCUT2D eigenvalue weighted by Crippen LogP contribution is -2.11. The van der Waals surface area contributed by atoms with Crippen molar-refractivity contribution in [2.75, 3.05) is 0 Å². The predicted octanol–water partition coefficient (Wildman–Crippen LogP) is 1.87. The fraction of sp³-hybridized carbons (Fsp3) is 0.333. The van der Waals surface area contributed by atoms with Gasteiger partial charge in [-0.05, 0) is 15.9 Å². The molecule has 1 aromatic rings. The van der Waals surface area contributed by atoms with Crippen molar-refractivity contribution in [1.29, 1.82) is 0 Å². The van der Waals surface area contributed by atoms with E-state index in [-0.39, 0.29) is 28.6 Å². The summed E-state index contributed by atoms with van der Waals surface area (Å²) in [5.41, 5.74) is 5.54. The molecule has 0 saturated heterocycles. The lowest BCUT2D eigenvalue weighted by Gasteiger charge is -2.11. The highest BCUT2D eigenvalue weighted by atomic mass is 79.9.